The molecule has 6 heteroatoms. The van der Waals surface area contributed by atoms with Crippen molar-refractivity contribution in [3.05, 3.63) is 0 Å². The van der Waals surface area contributed by atoms with Crippen LogP contribution < -0.4 is 0 Å². The molecule has 2 unspecified atom stereocenters. The van der Waals surface area contributed by atoms with Crippen LogP contribution in [0.4, 0.5) is 13.2 Å². The predicted octanol–water partition coefficient (Wildman–Crippen LogP) is 1.82. The third-order valence-electron chi connectivity index (χ3n) is 2.64. The Morgan fingerprint density at radius 2 is 2.21 bits per heavy atom. The molecule has 0 aromatic rings. The molecule has 1 saturated heterocycles. The van der Waals surface area contributed by atoms with E-state index in [1.54, 1.807) is 0 Å². The predicted molar refractivity (Wildman–Crippen MR) is 40.8 cm³/mol. The maximum atomic E-state index is 12.2. The molecule has 0 aromatic carbocycles. The molecule has 1 fully saturated rings. The average molecular weight is 212 g/mol. The molecule has 0 aliphatic carbocycles. The van der Waals surface area contributed by atoms with E-state index in [2.05, 4.69) is 0 Å². The number of carbonyl (C=O) groups is 1. The highest BCUT2D eigenvalue weighted by Gasteiger charge is 2.54. The zero-order valence-corrected chi connectivity index (χ0v) is 7.60. The minimum Gasteiger partial charge on any atom is -0.481 e. The summed E-state index contributed by atoms with van der Waals surface area (Å²) in [6, 6.07) is 0. The first-order valence-electron chi connectivity index (χ1n) is 4.20. The van der Waals surface area contributed by atoms with Crippen molar-refractivity contribution in [3.63, 3.8) is 0 Å². The van der Waals surface area contributed by atoms with Crippen LogP contribution in [0.3, 0.4) is 0 Å². The summed E-state index contributed by atoms with van der Waals surface area (Å²) < 4.78 is 41.4. The van der Waals surface area contributed by atoms with Gasteiger partial charge in [0.2, 0.25) is 0 Å². The molecule has 14 heavy (non-hydrogen) atoms. The van der Waals surface area contributed by atoms with Gasteiger partial charge < -0.3 is 9.84 Å². The third kappa shape index (κ3) is 2.00. The van der Waals surface area contributed by atoms with Crippen molar-refractivity contribution >= 4 is 5.97 Å². The molecular formula is C8H11F3O3. The van der Waals surface area contributed by atoms with Crippen LogP contribution in [-0.4, -0.2) is 30.0 Å². The molecule has 0 saturated carbocycles. The summed E-state index contributed by atoms with van der Waals surface area (Å²) >= 11 is 0. The third-order valence-corrected chi connectivity index (χ3v) is 2.64. The fraction of sp³-hybridized carbons (Fsp3) is 0.875. The molecule has 0 radical (unpaired) electrons. The smallest absolute Gasteiger partial charge is 0.390 e. The summed E-state index contributed by atoms with van der Waals surface area (Å²) in [5.41, 5.74) is -1.79. The topological polar surface area (TPSA) is 46.5 Å². The second kappa shape index (κ2) is 3.42. The van der Waals surface area contributed by atoms with Gasteiger partial charge in [-0.1, -0.05) is 0 Å². The number of hydrogen-bond donors (Lipinski definition) is 1. The van der Waals surface area contributed by atoms with Gasteiger partial charge in [0.05, 0.1) is 12.5 Å². The largest absolute Gasteiger partial charge is 0.481 e. The lowest BCUT2D eigenvalue weighted by molar-refractivity contribution is -0.184. The van der Waals surface area contributed by atoms with Crippen molar-refractivity contribution in [2.75, 3.05) is 6.61 Å². The average Bonchev–Trinajstić information content (AvgIpc) is 2.30. The lowest BCUT2D eigenvalue weighted by atomic mass is 9.78. The van der Waals surface area contributed by atoms with Gasteiger partial charge in [-0.2, -0.15) is 13.2 Å². The quantitative estimate of drug-likeness (QED) is 0.759. The lowest BCUT2D eigenvalue weighted by Crippen LogP contribution is -2.41. The molecule has 0 spiro atoms. The molecular weight excluding hydrogens is 201 g/mol. The highest BCUT2D eigenvalue weighted by atomic mass is 19.4. The van der Waals surface area contributed by atoms with Crippen molar-refractivity contribution < 1.29 is 27.8 Å². The number of aliphatic carboxylic acids is 1. The van der Waals surface area contributed by atoms with E-state index in [-0.39, 0.29) is 13.0 Å². The Hall–Kier alpha value is -0.780. The van der Waals surface area contributed by atoms with Gasteiger partial charge >= 0.3 is 12.1 Å². The van der Waals surface area contributed by atoms with E-state index in [4.69, 9.17) is 9.84 Å². The van der Waals surface area contributed by atoms with E-state index in [1.807, 2.05) is 0 Å². The van der Waals surface area contributed by atoms with Gasteiger partial charge in [-0.05, 0) is 13.3 Å². The molecule has 1 heterocycles. The van der Waals surface area contributed by atoms with E-state index in [0.29, 0.717) is 0 Å². The van der Waals surface area contributed by atoms with Crippen LogP contribution in [0.1, 0.15) is 19.8 Å². The fourth-order valence-corrected chi connectivity index (χ4v) is 1.73. The minimum absolute atomic E-state index is 0.0730. The van der Waals surface area contributed by atoms with Gasteiger partial charge in [-0.15, -0.1) is 0 Å². The molecule has 1 N–H and O–H groups in total. The molecule has 3 nitrogen and oxygen atoms in total. The van der Waals surface area contributed by atoms with E-state index in [9.17, 15) is 18.0 Å². The number of ether oxygens (including phenoxy) is 1. The number of carboxylic acid groups (broad SMARTS) is 1. The Morgan fingerprint density at radius 3 is 2.50 bits per heavy atom. The van der Waals surface area contributed by atoms with Gasteiger partial charge in [0.15, 0.2) is 0 Å². The highest BCUT2D eigenvalue weighted by molar-refractivity contribution is 5.75. The zero-order chi connectivity index (χ0) is 11.0. The SMILES string of the molecule is CC1OCCC1(CC(F)(F)F)C(=O)O. The Kier molecular flexibility index (Phi) is 2.76. The first kappa shape index (κ1) is 11.3. The normalized spacial score (nSPS) is 33.3. The Balaban J connectivity index is 2.88. The molecule has 0 amide bonds. The van der Waals surface area contributed by atoms with Gasteiger partial charge in [-0.3, -0.25) is 4.79 Å². The van der Waals surface area contributed by atoms with Gasteiger partial charge in [0, 0.05) is 6.61 Å². The molecule has 1 rings (SSSR count). The van der Waals surface area contributed by atoms with Crippen molar-refractivity contribution in [2.45, 2.75) is 32.0 Å². The van der Waals surface area contributed by atoms with Crippen molar-refractivity contribution in [2.24, 2.45) is 5.41 Å². The number of alkyl halides is 3. The van der Waals surface area contributed by atoms with Crippen LogP contribution in [0.15, 0.2) is 0 Å². The summed E-state index contributed by atoms with van der Waals surface area (Å²) in [6.45, 7) is 1.44. The monoisotopic (exact) mass is 212 g/mol. The molecule has 0 aromatic heterocycles. The maximum absolute atomic E-state index is 12.2. The zero-order valence-electron chi connectivity index (χ0n) is 7.60. The van der Waals surface area contributed by atoms with E-state index in [1.165, 1.54) is 6.92 Å². The van der Waals surface area contributed by atoms with E-state index in [0.717, 1.165) is 0 Å². The maximum Gasteiger partial charge on any atom is 0.390 e. The Labute approximate surface area is 78.9 Å². The van der Waals surface area contributed by atoms with E-state index < -0.39 is 30.1 Å². The first-order valence-corrected chi connectivity index (χ1v) is 4.20. The van der Waals surface area contributed by atoms with Gasteiger partial charge in [-0.25, -0.2) is 0 Å². The molecule has 1 aliphatic heterocycles. The second-order valence-electron chi connectivity index (χ2n) is 3.52. The number of carboxylic acids is 1. The Bertz CT molecular complexity index is 238. The summed E-state index contributed by atoms with van der Waals surface area (Å²) in [5.74, 6) is -1.43. The van der Waals surface area contributed by atoms with Crippen LogP contribution in [0.2, 0.25) is 0 Å². The minimum atomic E-state index is -4.47. The summed E-state index contributed by atoms with van der Waals surface area (Å²) in [6.07, 6.45) is -6.76. The van der Waals surface area contributed by atoms with Crippen LogP contribution in [0, 0.1) is 5.41 Å². The van der Waals surface area contributed by atoms with Crippen molar-refractivity contribution in [3.8, 4) is 0 Å². The molecule has 2 atom stereocenters. The molecule has 1 aliphatic rings. The standard InChI is InChI=1S/C8H11F3O3/c1-5-7(6(12)13,2-3-14-5)4-8(9,10)11/h5H,2-4H2,1H3,(H,12,13). The summed E-state index contributed by atoms with van der Waals surface area (Å²) in [5, 5.41) is 8.82. The lowest BCUT2D eigenvalue weighted by Gasteiger charge is -2.28. The van der Waals surface area contributed by atoms with Crippen molar-refractivity contribution in [1.29, 1.82) is 0 Å². The Morgan fingerprint density at radius 1 is 1.64 bits per heavy atom. The first-order chi connectivity index (χ1) is 6.28. The number of rotatable bonds is 2. The summed E-state index contributed by atoms with van der Waals surface area (Å²) in [7, 11) is 0. The van der Waals surface area contributed by atoms with Crippen LogP contribution in [0.25, 0.3) is 0 Å². The van der Waals surface area contributed by atoms with Gasteiger partial charge in [0.25, 0.3) is 0 Å². The van der Waals surface area contributed by atoms with Crippen LogP contribution in [0.5, 0.6) is 0 Å². The highest BCUT2D eigenvalue weighted by Crippen LogP contribution is 2.44. The fourth-order valence-electron chi connectivity index (χ4n) is 1.73. The van der Waals surface area contributed by atoms with Gasteiger partial charge in [0.1, 0.15) is 5.41 Å². The second-order valence-corrected chi connectivity index (χ2v) is 3.52. The van der Waals surface area contributed by atoms with E-state index >= 15 is 0 Å². The number of halogens is 3. The molecule has 82 valence electrons. The molecule has 0 bridgehead atoms. The van der Waals surface area contributed by atoms with Crippen LogP contribution in [-0.2, 0) is 9.53 Å². The van der Waals surface area contributed by atoms with Crippen molar-refractivity contribution in [1.82, 2.24) is 0 Å². The van der Waals surface area contributed by atoms with Crippen LogP contribution >= 0.6 is 0 Å². The summed E-state index contributed by atoms with van der Waals surface area (Å²) in [4.78, 5) is 10.8. The number of hydrogen-bond acceptors (Lipinski definition) is 2.